The van der Waals surface area contributed by atoms with E-state index in [1.807, 2.05) is 14.0 Å². The molecule has 18 heavy (non-hydrogen) atoms. The standard InChI is InChI=1S/C12H23N3O3/c1-9-5-4-7-15(10(9)11(16)17)12(18)14(3)8-6-13-2/h9-10,13H,4-8H2,1-3H3,(H,16,17). The highest BCUT2D eigenvalue weighted by Gasteiger charge is 2.37. The van der Waals surface area contributed by atoms with Gasteiger partial charge in [0.1, 0.15) is 6.04 Å². The Bertz CT molecular complexity index is 309. The van der Waals surface area contributed by atoms with Crippen molar-refractivity contribution in [3.8, 4) is 0 Å². The monoisotopic (exact) mass is 257 g/mol. The maximum Gasteiger partial charge on any atom is 0.326 e. The molecule has 0 aromatic carbocycles. The summed E-state index contributed by atoms with van der Waals surface area (Å²) in [6.07, 6.45) is 1.73. The van der Waals surface area contributed by atoms with E-state index in [0.29, 0.717) is 19.6 Å². The van der Waals surface area contributed by atoms with Gasteiger partial charge in [0, 0.05) is 26.7 Å². The molecule has 6 nitrogen and oxygen atoms in total. The molecule has 0 radical (unpaired) electrons. The minimum atomic E-state index is -0.905. The first-order chi connectivity index (χ1) is 8.49. The molecule has 1 fully saturated rings. The minimum Gasteiger partial charge on any atom is -0.480 e. The van der Waals surface area contributed by atoms with Crippen molar-refractivity contribution in [3.63, 3.8) is 0 Å². The van der Waals surface area contributed by atoms with Crippen LogP contribution >= 0.6 is 0 Å². The largest absolute Gasteiger partial charge is 0.480 e. The second kappa shape index (κ2) is 6.58. The molecule has 1 heterocycles. The van der Waals surface area contributed by atoms with Crippen molar-refractivity contribution >= 4 is 12.0 Å². The van der Waals surface area contributed by atoms with E-state index in [1.165, 1.54) is 4.90 Å². The van der Waals surface area contributed by atoms with Gasteiger partial charge in [-0.2, -0.15) is 0 Å². The molecule has 2 N–H and O–H groups in total. The maximum atomic E-state index is 12.2. The predicted octanol–water partition coefficient (Wildman–Crippen LogP) is 0.443. The second-order valence-electron chi connectivity index (χ2n) is 4.90. The normalized spacial score (nSPS) is 23.8. The van der Waals surface area contributed by atoms with Crippen molar-refractivity contribution in [2.24, 2.45) is 5.92 Å². The van der Waals surface area contributed by atoms with Crippen molar-refractivity contribution in [3.05, 3.63) is 0 Å². The van der Waals surface area contributed by atoms with Gasteiger partial charge in [0.05, 0.1) is 0 Å². The van der Waals surface area contributed by atoms with Crippen LogP contribution in [0.4, 0.5) is 4.79 Å². The Kier molecular flexibility index (Phi) is 5.40. The quantitative estimate of drug-likeness (QED) is 0.766. The molecule has 0 spiro atoms. The van der Waals surface area contributed by atoms with Crippen LogP contribution < -0.4 is 5.32 Å². The third-order valence-electron chi connectivity index (χ3n) is 3.46. The number of carbonyl (C=O) groups excluding carboxylic acids is 1. The zero-order valence-electron chi connectivity index (χ0n) is 11.3. The summed E-state index contributed by atoms with van der Waals surface area (Å²) in [6, 6.07) is -0.882. The fraction of sp³-hybridized carbons (Fsp3) is 0.833. The second-order valence-corrected chi connectivity index (χ2v) is 4.90. The maximum absolute atomic E-state index is 12.2. The van der Waals surface area contributed by atoms with E-state index < -0.39 is 12.0 Å². The van der Waals surface area contributed by atoms with E-state index in [2.05, 4.69) is 5.32 Å². The summed E-state index contributed by atoms with van der Waals surface area (Å²) in [5, 5.41) is 12.2. The van der Waals surface area contributed by atoms with Crippen molar-refractivity contribution in [1.29, 1.82) is 0 Å². The lowest BCUT2D eigenvalue weighted by Crippen LogP contribution is -2.55. The molecule has 104 valence electrons. The SMILES string of the molecule is CNCCN(C)C(=O)N1CCCC(C)C1C(=O)O. The van der Waals surface area contributed by atoms with Gasteiger partial charge in [0.2, 0.25) is 0 Å². The molecule has 0 aromatic heterocycles. The third kappa shape index (κ3) is 3.35. The Morgan fingerprint density at radius 2 is 2.17 bits per heavy atom. The Morgan fingerprint density at radius 3 is 2.72 bits per heavy atom. The summed E-state index contributed by atoms with van der Waals surface area (Å²) in [6.45, 7) is 3.70. The van der Waals surface area contributed by atoms with Crippen molar-refractivity contribution in [1.82, 2.24) is 15.1 Å². The summed E-state index contributed by atoms with van der Waals surface area (Å²) in [4.78, 5) is 26.6. The molecule has 2 amide bonds. The van der Waals surface area contributed by atoms with E-state index in [4.69, 9.17) is 0 Å². The number of rotatable bonds is 4. The Hall–Kier alpha value is -1.30. The van der Waals surface area contributed by atoms with Crippen molar-refractivity contribution in [2.45, 2.75) is 25.8 Å². The molecule has 6 heteroatoms. The number of likely N-dealkylation sites (tertiary alicyclic amines) is 1. The Morgan fingerprint density at radius 1 is 1.50 bits per heavy atom. The van der Waals surface area contributed by atoms with Crippen LogP contribution in [-0.4, -0.2) is 66.7 Å². The highest BCUT2D eigenvalue weighted by Crippen LogP contribution is 2.24. The number of nitrogens with one attached hydrogen (secondary N) is 1. The summed E-state index contributed by atoms with van der Waals surface area (Å²) < 4.78 is 0. The first kappa shape index (κ1) is 14.8. The molecule has 0 aromatic rings. The number of carbonyl (C=O) groups is 2. The van der Waals surface area contributed by atoms with Gasteiger partial charge in [0.15, 0.2) is 0 Å². The Balaban J connectivity index is 2.71. The molecule has 1 aliphatic rings. The number of aliphatic carboxylic acids is 1. The molecule has 1 rings (SSSR count). The zero-order chi connectivity index (χ0) is 13.7. The number of carboxylic acid groups (broad SMARTS) is 1. The lowest BCUT2D eigenvalue weighted by atomic mass is 9.91. The van der Waals surface area contributed by atoms with Crippen LogP contribution in [0.1, 0.15) is 19.8 Å². The van der Waals surface area contributed by atoms with Crippen LogP contribution in [0.2, 0.25) is 0 Å². The molecule has 0 bridgehead atoms. The predicted molar refractivity (Wildman–Crippen MR) is 68.5 cm³/mol. The van der Waals surface area contributed by atoms with Crippen LogP contribution in [0.5, 0.6) is 0 Å². The molecule has 1 saturated heterocycles. The molecule has 0 aliphatic carbocycles. The average molecular weight is 257 g/mol. The van der Waals surface area contributed by atoms with E-state index in [9.17, 15) is 14.7 Å². The first-order valence-electron chi connectivity index (χ1n) is 6.38. The number of piperidine rings is 1. The molecular formula is C12H23N3O3. The van der Waals surface area contributed by atoms with E-state index in [0.717, 1.165) is 12.8 Å². The lowest BCUT2D eigenvalue weighted by molar-refractivity contribution is -0.145. The molecule has 2 atom stereocenters. The molecule has 2 unspecified atom stereocenters. The van der Waals surface area contributed by atoms with Gasteiger partial charge < -0.3 is 20.2 Å². The zero-order valence-corrected chi connectivity index (χ0v) is 11.3. The topological polar surface area (TPSA) is 72.9 Å². The number of hydrogen-bond acceptors (Lipinski definition) is 3. The van der Waals surface area contributed by atoms with Crippen LogP contribution in [0, 0.1) is 5.92 Å². The third-order valence-corrected chi connectivity index (χ3v) is 3.46. The number of likely N-dealkylation sites (N-methyl/N-ethyl adjacent to an activating group) is 2. The Labute approximate surface area is 108 Å². The summed E-state index contributed by atoms with van der Waals surface area (Å²) in [7, 11) is 3.53. The van der Waals surface area contributed by atoms with Crippen molar-refractivity contribution in [2.75, 3.05) is 33.7 Å². The lowest BCUT2D eigenvalue weighted by Gasteiger charge is -2.39. The smallest absolute Gasteiger partial charge is 0.326 e. The van der Waals surface area contributed by atoms with E-state index in [1.54, 1.807) is 11.9 Å². The van der Waals surface area contributed by atoms with Crippen molar-refractivity contribution < 1.29 is 14.7 Å². The van der Waals surface area contributed by atoms with Gasteiger partial charge in [0.25, 0.3) is 0 Å². The minimum absolute atomic E-state index is 0.0119. The van der Waals surface area contributed by atoms with E-state index >= 15 is 0 Å². The number of urea groups is 1. The summed E-state index contributed by atoms with van der Waals surface area (Å²) in [5.74, 6) is -0.893. The summed E-state index contributed by atoms with van der Waals surface area (Å²) >= 11 is 0. The first-order valence-corrected chi connectivity index (χ1v) is 6.38. The van der Waals surface area contributed by atoms with Gasteiger partial charge in [-0.05, 0) is 25.8 Å². The van der Waals surface area contributed by atoms with Crippen LogP contribution in [0.25, 0.3) is 0 Å². The van der Waals surface area contributed by atoms with E-state index in [-0.39, 0.29) is 11.9 Å². The van der Waals surface area contributed by atoms with Gasteiger partial charge in [-0.3, -0.25) is 0 Å². The molecule has 1 aliphatic heterocycles. The van der Waals surface area contributed by atoms with Gasteiger partial charge in [-0.15, -0.1) is 0 Å². The molecule has 0 saturated carbocycles. The highest BCUT2D eigenvalue weighted by molar-refractivity contribution is 5.83. The van der Waals surface area contributed by atoms with Crippen LogP contribution in [-0.2, 0) is 4.79 Å². The number of carboxylic acids is 1. The highest BCUT2D eigenvalue weighted by atomic mass is 16.4. The van der Waals surface area contributed by atoms with Gasteiger partial charge in [-0.1, -0.05) is 6.92 Å². The number of hydrogen-bond donors (Lipinski definition) is 2. The van der Waals surface area contributed by atoms with Gasteiger partial charge >= 0.3 is 12.0 Å². The molecular weight excluding hydrogens is 234 g/mol. The number of nitrogens with zero attached hydrogens (tertiary/aromatic N) is 2. The summed E-state index contributed by atoms with van der Waals surface area (Å²) in [5.41, 5.74) is 0. The average Bonchev–Trinajstić information content (AvgIpc) is 2.34. The fourth-order valence-electron chi connectivity index (χ4n) is 2.37. The van der Waals surface area contributed by atoms with Gasteiger partial charge in [-0.25, -0.2) is 9.59 Å². The number of amides is 2. The van der Waals surface area contributed by atoms with Crippen LogP contribution in [0.15, 0.2) is 0 Å². The fourth-order valence-corrected chi connectivity index (χ4v) is 2.37. The van der Waals surface area contributed by atoms with Crippen LogP contribution in [0.3, 0.4) is 0 Å².